The van der Waals surface area contributed by atoms with Gasteiger partial charge in [-0.25, -0.2) is 14.6 Å². The molecule has 0 aromatic carbocycles. The Bertz CT molecular complexity index is 1050. The molecule has 31 heavy (non-hydrogen) atoms. The van der Waals surface area contributed by atoms with E-state index in [-0.39, 0.29) is 11.5 Å². The molecule has 8 nitrogen and oxygen atoms in total. The van der Waals surface area contributed by atoms with Crippen LogP contribution >= 0.6 is 0 Å². The Balaban J connectivity index is 0.00000132. The number of halogens is 2. The van der Waals surface area contributed by atoms with Crippen LogP contribution in [0.25, 0.3) is 16.7 Å². The molecule has 1 amide bonds. The molecule has 0 bridgehead atoms. The third-order valence-electron chi connectivity index (χ3n) is 4.85. The highest BCUT2D eigenvalue weighted by Gasteiger charge is 2.28. The van der Waals surface area contributed by atoms with E-state index >= 15 is 0 Å². The maximum Gasteiger partial charge on any atom is 0.287 e. The van der Waals surface area contributed by atoms with Gasteiger partial charge in [0, 0.05) is 32.3 Å². The number of pyridine rings is 2. The molecule has 1 atom stereocenters. The summed E-state index contributed by atoms with van der Waals surface area (Å²) >= 11 is 0. The predicted molar refractivity (Wildman–Crippen MR) is 115 cm³/mol. The summed E-state index contributed by atoms with van der Waals surface area (Å²) in [6.45, 7) is 5.91. The van der Waals surface area contributed by atoms with E-state index < -0.39 is 12.0 Å². The zero-order valence-corrected chi connectivity index (χ0v) is 17.7. The Hall–Kier alpha value is -3.14. The molecule has 166 valence electrons. The molecule has 0 saturated carbocycles. The number of nitrogens with zero attached hydrogens (tertiary/aromatic N) is 5. The van der Waals surface area contributed by atoms with Gasteiger partial charge in [-0.2, -0.15) is 8.78 Å². The largest absolute Gasteiger partial charge is 0.391 e. The molecule has 1 aliphatic heterocycles. The highest BCUT2D eigenvalue weighted by atomic mass is 19.3. The number of aliphatic hydroxyl groups is 1. The summed E-state index contributed by atoms with van der Waals surface area (Å²) in [5.74, 6) is -1.99. The van der Waals surface area contributed by atoms with E-state index in [1.807, 2.05) is 18.7 Å². The van der Waals surface area contributed by atoms with Crippen LogP contribution in [0.2, 0.25) is 0 Å². The fourth-order valence-corrected chi connectivity index (χ4v) is 3.48. The number of anilines is 2. The van der Waals surface area contributed by atoms with Crippen molar-refractivity contribution in [3.8, 4) is 5.82 Å². The van der Waals surface area contributed by atoms with Gasteiger partial charge in [-0.05, 0) is 25.0 Å². The third kappa shape index (κ3) is 4.79. The molecule has 0 aliphatic carbocycles. The minimum Gasteiger partial charge on any atom is -0.391 e. The minimum atomic E-state index is -3.09. The maximum absolute atomic E-state index is 13.8. The van der Waals surface area contributed by atoms with Crippen molar-refractivity contribution < 1.29 is 18.7 Å². The summed E-state index contributed by atoms with van der Waals surface area (Å²) in [4.78, 5) is 21.0. The van der Waals surface area contributed by atoms with Crippen LogP contribution in [0.3, 0.4) is 0 Å². The molecule has 1 aliphatic rings. The quantitative estimate of drug-likeness (QED) is 0.600. The van der Waals surface area contributed by atoms with Gasteiger partial charge in [0.2, 0.25) is 6.41 Å². The molecule has 0 radical (unpaired) electrons. The molecule has 1 unspecified atom stereocenters. The molecule has 4 heterocycles. The van der Waals surface area contributed by atoms with Crippen LogP contribution in [0.1, 0.15) is 39.3 Å². The van der Waals surface area contributed by atoms with Gasteiger partial charge in [0.05, 0.1) is 17.0 Å². The van der Waals surface area contributed by atoms with E-state index in [1.54, 1.807) is 18.3 Å². The van der Waals surface area contributed by atoms with Crippen molar-refractivity contribution in [2.24, 2.45) is 0 Å². The molecule has 3 aromatic heterocycles. The Labute approximate surface area is 178 Å². The second-order valence-corrected chi connectivity index (χ2v) is 7.10. The van der Waals surface area contributed by atoms with Crippen molar-refractivity contribution in [3.63, 3.8) is 0 Å². The summed E-state index contributed by atoms with van der Waals surface area (Å²) in [6.07, 6.45) is 3.14. The van der Waals surface area contributed by atoms with Crippen LogP contribution in [-0.2, 0) is 10.7 Å². The molecule has 0 spiro atoms. The Morgan fingerprint density at radius 3 is 2.77 bits per heavy atom. The monoisotopic (exact) mass is 432 g/mol. The van der Waals surface area contributed by atoms with Gasteiger partial charge in [-0.15, -0.1) is 5.10 Å². The fraction of sp³-hybridized carbons (Fsp3) is 0.429. The second kappa shape index (κ2) is 9.34. The molecule has 10 heteroatoms. The number of rotatable bonds is 5. The van der Waals surface area contributed by atoms with Gasteiger partial charge in [-0.1, -0.05) is 19.9 Å². The van der Waals surface area contributed by atoms with Gasteiger partial charge in [0.25, 0.3) is 5.92 Å². The average Bonchev–Trinajstić information content (AvgIpc) is 3.14. The molecular weight excluding hydrogens is 406 g/mol. The predicted octanol–water partition coefficient (Wildman–Crippen LogP) is 3.48. The van der Waals surface area contributed by atoms with Crippen molar-refractivity contribution in [2.45, 2.75) is 45.6 Å². The summed E-state index contributed by atoms with van der Waals surface area (Å²) < 4.78 is 29.0. The lowest BCUT2D eigenvalue weighted by molar-refractivity contribution is -0.105. The number of amides is 1. The first-order chi connectivity index (χ1) is 14.9. The maximum atomic E-state index is 13.8. The zero-order chi connectivity index (χ0) is 22.6. The summed E-state index contributed by atoms with van der Waals surface area (Å²) in [5, 5.41) is 17.8. The van der Waals surface area contributed by atoms with E-state index in [2.05, 4.69) is 20.4 Å². The number of aromatic nitrogens is 4. The topological polar surface area (TPSA) is 96.2 Å². The van der Waals surface area contributed by atoms with E-state index in [0.29, 0.717) is 42.0 Å². The number of alkyl halides is 2. The number of piperidine rings is 1. The lowest BCUT2D eigenvalue weighted by Gasteiger charge is -2.30. The van der Waals surface area contributed by atoms with Crippen molar-refractivity contribution >= 4 is 28.9 Å². The second-order valence-electron chi connectivity index (χ2n) is 7.10. The van der Waals surface area contributed by atoms with Gasteiger partial charge in [0.1, 0.15) is 11.5 Å². The van der Waals surface area contributed by atoms with Gasteiger partial charge < -0.3 is 15.3 Å². The normalized spacial score (nSPS) is 16.6. The van der Waals surface area contributed by atoms with Crippen LogP contribution < -0.4 is 10.2 Å². The number of hydrogen-bond donors (Lipinski definition) is 2. The van der Waals surface area contributed by atoms with Gasteiger partial charge in [0.15, 0.2) is 11.6 Å². The van der Waals surface area contributed by atoms with Crippen molar-refractivity contribution in [2.75, 3.05) is 23.3 Å². The number of aliphatic hydroxyl groups excluding tert-OH is 1. The lowest BCUT2D eigenvalue weighted by atomic mass is 10.1. The fourth-order valence-electron chi connectivity index (χ4n) is 3.48. The standard InChI is InChI=1S/C19H20F2N6O2.C2H6/c1-19(20,21)15-5-2-6-17(24-15)27-14-8-16(23-11-28)22-9-13(14)18(25-27)26-7-3-4-12(29)10-26;1-2/h2,5-6,8-9,11-12,29H,3-4,7,10H2,1H3,(H,22,23,28);1-2H3. The first-order valence-corrected chi connectivity index (χ1v) is 10.2. The minimum absolute atomic E-state index is 0.223. The smallest absolute Gasteiger partial charge is 0.287 e. The molecular formula is C21H26F2N6O2. The van der Waals surface area contributed by atoms with Crippen LogP contribution in [-0.4, -0.2) is 50.5 Å². The number of nitrogens with one attached hydrogen (secondary N) is 1. The van der Waals surface area contributed by atoms with Gasteiger partial charge in [-0.3, -0.25) is 4.79 Å². The average molecular weight is 432 g/mol. The number of carbonyl (C=O) groups excluding carboxylic acids is 1. The number of fused-ring (bicyclic) bond motifs is 1. The highest BCUT2D eigenvalue weighted by Crippen LogP contribution is 2.32. The Morgan fingerprint density at radius 1 is 1.32 bits per heavy atom. The van der Waals surface area contributed by atoms with Crippen molar-refractivity contribution in [1.29, 1.82) is 0 Å². The third-order valence-corrected chi connectivity index (χ3v) is 4.85. The van der Waals surface area contributed by atoms with E-state index in [1.165, 1.54) is 16.8 Å². The van der Waals surface area contributed by atoms with Crippen LogP contribution in [0.4, 0.5) is 20.4 Å². The SMILES string of the molecule is CC.CC(F)(F)c1cccc(-n2nc(N3CCCC(O)C3)c3cnc(NC=O)cc32)n1. The number of hydrogen-bond acceptors (Lipinski definition) is 6. The van der Waals surface area contributed by atoms with Gasteiger partial charge >= 0.3 is 0 Å². The lowest BCUT2D eigenvalue weighted by Crippen LogP contribution is -2.38. The molecule has 1 fully saturated rings. The van der Waals surface area contributed by atoms with E-state index in [9.17, 15) is 18.7 Å². The number of β-amino-alcohol motifs (C(OH)–C–C–N with tert-alkyl or cyclic N) is 1. The van der Waals surface area contributed by atoms with E-state index in [4.69, 9.17) is 0 Å². The van der Waals surface area contributed by atoms with Crippen LogP contribution in [0, 0.1) is 0 Å². The zero-order valence-electron chi connectivity index (χ0n) is 17.7. The van der Waals surface area contributed by atoms with Crippen molar-refractivity contribution in [3.05, 3.63) is 36.2 Å². The first-order valence-electron chi connectivity index (χ1n) is 10.2. The summed E-state index contributed by atoms with van der Waals surface area (Å²) in [7, 11) is 0. The molecule has 3 aromatic rings. The Morgan fingerprint density at radius 2 is 2.10 bits per heavy atom. The highest BCUT2D eigenvalue weighted by molar-refractivity contribution is 5.93. The summed E-state index contributed by atoms with van der Waals surface area (Å²) in [6, 6.07) is 5.96. The number of carbonyl (C=O) groups is 1. The van der Waals surface area contributed by atoms with Crippen LogP contribution in [0.5, 0.6) is 0 Å². The van der Waals surface area contributed by atoms with Crippen LogP contribution in [0.15, 0.2) is 30.5 Å². The van der Waals surface area contributed by atoms with E-state index in [0.717, 1.165) is 19.8 Å². The molecule has 4 rings (SSSR count). The molecule has 2 N–H and O–H groups in total. The Kier molecular flexibility index (Phi) is 6.79. The summed E-state index contributed by atoms with van der Waals surface area (Å²) in [5.41, 5.74) is 0.192. The van der Waals surface area contributed by atoms with Crippen molar-refractivity contribution in [1.82, 2.24) is 19.7 Å². The molecule has 1 saturated heterocycles. The first kappa shape index (κ1) is 22.5.